The molecule has 0 spiro atoms. The summed E-state index contributed by atoms with van der Waals surface area (Å²) in [5, 5.41) is 0. The van der Waals surface area contributed by atoms with Crippen LogP contribution in [0.3, 0.4) is 0 Å². The quantitative estimate of drug-likeness (QED) is 0.712. The van der Waals surface area contributed by atoms with E-state index in [1.54, 1.807) is 0 Å². The molecule has 0 N–H and O–H groups in total. The van der Waals surface area contributed by atoms with Gasteiger partial charge in [-0.1, -0.05) is 20.8 Å². The van der Waals surface area contributed by atoms with Gasteiger partial charge in [0.1, 0.15) is 0 Å². The summed E-state index contributed by atoms with van der Waals surface area (Å²) in [6.45, 7) is 8.65. The maximum Gasteiger partial charge on any atom is 0.155 e. The Kier molecular flexibility index (Phi) is 2.59. The summed E-state index contributed by atoms with van der Waals surface area (Å²) in [5.41, 5.74) is 2.47. The van der Waals surface area contributed by atoms with Gasteiger partial charge in [0, 0.05) is 27.8 Å². The molecule has 15 heavy (non-hydrogen) atoms. The molecule has 0 saturated carbocycles. The number of rotatable bonds is 2. The van der Waals surface area contributed by atoms with Crippen molar-refractivity contribution in [2.24, 2.45) is 4.99 Å². The van der Waals surface area contributed by atoms with Crippen molar-refractivity contribution < 1.29 is 0 Å². The van der Waals surface area contributed by atoms with Gasteiger partial charge in [-0.05, 0) is 18.7 Å². The van der Waals surface area contributed by atoms with Crippen molar-refractivity contribution in [2.75, 3.05) is 5.75 Å². The van der Waals surface area contributed by atoms with E-state index in [0.29, 0.717) is 0 Å². The molecule has 1 aromatic rings. The molecule has 0 unspecified atom stereocenters. The molecule has 2 rings (SSSR count). The third-order valence-corrected chi connectivity index (χ3v) is 3.85. The molecular formula is C12H16N2S. The second-order valence-electron chi connectivity index (χ2n) is 4.30. The van der Waals surface area contributed by atoms with Crippen molar-refractivity contribution in [1.29, 1.82) is 0 Å². The van der Waals surface area contributed by atoms with Gasteiger partial charge in [-0.3, -0.25) is 0 Å². The fourth-order valence-corrected chi connectivity index (χ4v) is 2.39. The van der Waals surface area contributed by atoms with Crippen LogP contribution in [0.1, 0.15) is 33.3 Å². The van der Waals surface area contributed by atoms with Crippen LogP contribution in [0.4, 0.5) is 5.82 Å². The number of nitrogens with zero attached hydrogens (tertiary/aromatic N) is 2. The van der Waals surface area contributed by atoms with Crippen LogP contribution in [0.2, 0.25) is 0 Å². The maximum atomic E-state index is 4.50. The van der Waals surface area contributed by atoms with Gasteiger partial charge in [-0.15, -0.1) is 11.8 Å². The average molecular weight is 220 g/mol. The number of thioether (sulfide) groups is 1. The summed E-state index contributed by atoms with van der Waals surface area (Å²) < 4.78 is 0. The zero-order valence-electron chi connectivity index (χ0n) is 9.66. The lowest BCUT2D eigenvalue weighted by Crippen LogP contribution is -2.22. The van der Waals surface area contributed by atoms with Crippen LogP contribution in [0.5, 0.6) is 0 Å². The summed E-state index contributed by atoms with van der Waals surface area (Å²) in [6, 6.07) is 2.23. The van der Waals surface area contributed by atoms with Crippen LogP contribution in [0.25, 0.3) is 0 Å². The molecule has 1 aliphatic rings. The minimum atomic E-state index is 0.0483. The molecule has 1 aromatic heterocycles. The number of pyridine rings is 1. The van der Waals surface area contributed by atoms with E-state index < -0.39 is 0 Å². The largest absolute Gasteiger partial charge is 0.237 e. The van der Waals surface area contributed by atoms with Gasteiger partial charge in [-0.25, -0.2) is 9.98 Å². The highest BCUT2D eigenvalue weighted by molar-refractivity contribution is 7.99. The molecular weight excluding hydrogens is 204 g/mol. The molecule has 3 heteroatoms. The molecule has 1 aliphatic heterocycles. The Morgan fingerprint density at radius 1 is 1.40 bits per heavy atom. The van der Waals surface area contributed by atoms with E-state index in [1.807, 2.05) is 18.0 Å². The predicted octanol–water partition coefficient (Wildman–Crippen LogP) is 3.58. The van der Waals surface area contributed by atoms with E-state index in [4.69, 9.17) is 0 Å². The highest BCUT2D eigenvalue weighted by atomic mass is 32.2. The first-order valence-electron chi connectivity index (χ1n) is 5.24. The fourth-order valence-electron chi connectivity index (χ4n) is 1.73. The molecule has 2 heterocycles. The first-order chi connectivity index (χ1) is 7.05. The minimum Gasteiger partial charge on any atom is -0.237 e. The summed E-state index contributed by atoms with van der Waals surface area (Å²) in [7, 11) is 0. The van der Waals surface area contributed by atoms with Crippen LogP contribution in [0.15, 0.2) is 22.2 Å². The van der Waals surface area contributed by atoms with Crippen molar-refractivity contribution in [3.63, 3.8) is 0 Å². The molecule has 0 radical (unpaired) electrons. The standard InChI is InChI=1S/C12H16N2S/c1-5-15-9-6-10-11(13-7-9)14-8(2)12(10,3)4/h6-7H,5H2,1-4H3. The van der Waals surface area contributed by atoms with Crippen LogP contribution < -0.4 is 0 Å². The summed E-state index contributed by atoms with van der Waals surface area (Å²) in [6.07, 6.45) is 1.92. The summed E-state index contributed by atoms with van der Waals surface area (Å²) in [4.78, 5) is 10.2. The first kappa shape index (κ1) is 10.7. The van der Waals surface area contributed by atoms with Gasteiger partial charge in [0.2, 0.25) is 0 Å². The molecule has 2 nitrogen and oxygen atoms in total. The van der Waals surface area contributed by atoms with E-state index in [9.17, 15) is 0 Å². The van der Waals surface area contributed by atoms with Crippen LogP contribution in [-0.2, 0) is 5.41 Å². The Labute approximate surface area is 95.2 Å². The van der Waals surface area contributed by atoms with Crippen molar-refractivity contribution >= 4 is 23.3 Å². The lowest BCUT2D eigenvalue weighted by Gasteiger charge is -2.19. The van der Waals surface area contributed by atoms with Crippen molar-refractivity contribution in [2.45, 2.75) is 38.0 Å². The van der Waals surface area contributed by atoms with E-state index in [0.717, 1.165) is 17.3 Å². The summed E-state index contributed by atoms with van der Waals surface area (Å²) in [5.74, 6) is 1.98. The van der Waals surface area contributed by atoms with Gasteiger partial charge in [-0.2, -0.15) is 0 Å². The minimum absolute atomic E-state index is 0.0483. The highest BCUT2D eigenvalue weighted by Gasteiger charge is 2.33. The number of hydrogen-bond acceptors (Lipinski definition) is 3. The second-order valence-corrected chi connectivity index (χ2v) is 5.63. The highest BCUT2D eigenvalue weighted by Crippen LogP contribution is 2.39. The van der Waals surface area contributed by atoms with E-state index in [-0.39, 0.29) is 5.41 Å². The van der Waals surface area contributed by atoms with Gasteiger partial charge >= 0.3 is 0 Å². The first-order valence-corrected chi connectivity index (χ1v) is 6.23. The lowest BCUT2D eigenvalue weighted by atomic mass is 9.83. The van der Waals surface area contributed by atoms with Crippen LogP contribution in [0, 0.1) is 0 Å². The molecule has 0 saturated heterocycles. The molecule has 0 aliphatic carbocycles. The zero-order valence-corrected chi connectivity index (χ0v) is 10.5. The Morgan fingerprint density at radius 3 is 2.80 bits per heavy atom. The molecule has 0 amide bonds. The van der Waals surface area contributed by atoms with Crippen molar-refractivity contribution in [3.8, 4) is 0 Å². The van der Waals surface area contributed by atoms with Crippen molar-refractivity contribution in [1.82, 2.24) is 4.98 Å². The fraction of sp³-hybridized carbons (Fsp3) is 0.500. The normalized spacial score (nSPS) is 17.5. The Balaban J connectivity index is 2.46. The average Bonchev–Trinajstić information content (AvgIpc) is 2.40. The zero-order chi connectivity index (χ0) is 11.1. The van der Waals surface area contributed by atoms with Crippen molar-refractivity contribution in [3.05, 3.63) is 17.8 Å². The lowest BCUT2D eigenvalue weighted by molar-refractivity contribution is 0.728. The third-order valence-electron chi connectivity index (χ3n) is 3.00. The molecule has 0 fully saturated rings. The second kappa shape index (κ2) is 3.63. The van der Waals surface area contributed by atoms with Gasteiger partial charge in [0.15, 0.2) is 5.82 Å². The molecule has 0 atom stereocenters. The number of hydrogen-bond donors (Lipinski definition) is 0. The van der Waals surface area contributed by atoms with E-state index in [1.165, 1.54) is 10.5 Å². The summed E-state index contributed by atoms with van der Waals surface area (Å²) >= 11 is 1.83. The third kappa shape index (κ3) is 1.69. The Hall–Kier alpha value is -0.830. The SMILES string of the molecule is CCSc1cnc2c(c1)C(C)(C)C(C)=N2. The molecule has 0 bridgehead atoms. The van der Waals surface area contributed by atoms with Gasteiger partial charge < -0.3 is 0 Å². The topological polar surface area (TPSA) is 25.2 Å². The number of fused-ring (bicyclic) bond motifs is 1. The van der Waals surface area contributed by atoms with Gasteiger partial charge in [0.25, 0.3) is 0 Å². The van der Waals surface area contributed by atoms with Crippen LogP contribution in [-0.4, -0.2) is 16.4 Å². The monoisotopic (exact) mass is 220 g/mol. The molecule has 80 valence electrons. The maximum absolute atomic E-state index is 4.50. The van der Waals surface area contributed by atoms with Gasteiger partial charge in [0.05, 0.1) is 0 Å². The van der Waals surface area contributed by atoms with Crippen LogP contribution >= 0.6 is 11.8 Å². The van der Waals surface area contributed by atoms with E-state index in [2.05, 4.69) is 43.7 Å². The Morgan fingerprint density at radius 2 is 2.13 bits per heavy atom. The number of aliphatic imine (C=N–C) groups is 1. The molecule has 0 aromatic carbocycles. The number of aromatic nitrogens is 1. The smallest absolute Gasteiger partial charge is 0.155 e. The predicted molar refractivity (Wildman–Crippen MR) is 66.4 cm³/mol. The van der Waals surface area contributed by atoms with E-state index >= 15 is 0 Å². The Bertz CT molecular complexity index is 422.